The molecule has 5 rings (SSSR count). The number of hydrogen-bond acceptors (Lipinski definition) is 3. The van der Waals surface area contributed by atoms with Gasteiger partial charge in [-0.05, 0) is 59.7 Å². The molecule has 0 amide bonds. The second-order valence-corrected chi connectivity index (χ2v) is 9.46. The minimum absolute atomic E-state index is 0.124. The summed E-state index contributed by atoms with van der Waals surface area (Å²) in [6, 6.07) is 21.7. The summed E-state index contributed by atoms with van der Waals surface area (Å²) in [5, 5.41) is 0.581. The third-order valence-electron chi connectivity index (χ3n) is 5.00. The molecule has 0 aliphatic rings. The van der Waals surface area contributed by atoms with Crippen LogP contribution in [0.4, 0.5) is 4.39 Å². The van der Waals surface area contributed by atoms with Gasteiger partial charge in [0.05, 0.1) is 22.3 Å². The van der Waals surface area contributed by atoms with Crippen molar-refractivity contribution in [3.63, 3.8) is 0 Å². The van der Waals surface area contributed by atoms with Crippen molar-refractivity contribution in [1.82, 2.24) is 8.97 Å². The molecular weight excluding hydrogens is 483 g/mol. The normalized spacial score (nSPS) is 11.4. The van der Waals surface area contributed by atoms with Crippen LogP contribution in [0.5, 0.6) is 0 Å². The van der Waals surface area contributed by atoms with E-state index in [1.807, 2.05) is 52.9 Å². The van der Waals surface area contributed by atoms with Crippen LogP contribution in [0.15, 0.2) is 82.1 Å². The first-order chi connectivity index (χ1) is 14.5. The number of nitrogens with zero attached hydrogens (tertiary/aromatic N) is 2. The van der Waals surface area contributed by atoms with Crippen molar-refractivity contribution in [1.29, 1.82) is 0 Å². The molecule has 30 heavy (non-hydrogen) atoms. The minimum Gasteiger partial charge on any atom is -0.288 e. The quantitative estimate of drug-likeness (QED) is 0.261. The topological polar surface area (TPSA) is 26.4 Å². The van der Waals surface area contributed by atoms with Gasteiger partial charge in [0, 0.05) is 4.47 Å². The summed E-state index contributed by atoms with van der Waals surface area (Å²) in [6.45, 7) is 0.250. The van der Waals surface area contributed by atoms with Crippen molar-refractivity contribution in [2.24, 2.45) is 0 Å². The Labute approximate surface area is 188 Å². The molecule has 5 aromatic rings. The summed E-state index contributed by atoms with van der Waals surface area (Å²) in [5.74, 6) is -0.326. The smallest absolute Gasteiger partial charge is 0.261 e. The Hall–Kier alpha value is -2.61. The number of thiazole rings is 1. The molecule has 2 aromatic heterocycles. The predicted octanol–water partition coefficient (Wildman–Crippen LogP) is 6.66. The van der Waals surface area contributed by atoms with Crippen molar-refractivity contribution >= 4 is 56.0 Å². The Bertz CT molecular complexity index is 1530. The lowest BCUT2D eigenvalue weighted by atomic mass is 10.1. The Morgan fingerprint density at radius 1 is 1.00 bits per heavy atom. The van der Waals surface area contributed by atoms with Crippen molar-refractivity contribution in [3.8, 4) is 10.4 Å². The first kappa shape index (κ1) is 19.4. The molecule has 0 spiro atoms. The number of aromatic nitrogens is 2. The Kier molecular flexibility index (Phi) is 4.89. The zero-order valence-electron chi connectivity index (χ0n) is 15.5. The summed E-state index contributed by atoms with van der Waals surface area (Å²) in [4.78, 5) is 14.4. The second kappa shape index (κ2) is 7.58. The third-order valence-corrected chi connectivity index (χ3v) is 6.94. The number of rotatable bonds is 3. The lowest BCUT2D eigenvalue weighted by Crippen LogP contribution is -2.23. The summed E-state index contributed by atoms with van der Waals surface area (Å²) in [7, 11) is 0. The monoisotopic (exact) mass is 496 g/mol. The van der Waals surface area contributed by atoms with Crippen LogP contribution >= 0.6 is 39.5 Å². The van der Waals surface area contributed by atoms with Crippen LogP contribution in [0.1, 0.15) is 5.56 Å². The van der Waals surface area contributed by atoms with Crippen LogP contribution < -0.4 is 5.56 Å². The maximum absolute atomic E-state index is 13.8. The zero-order chi connectivity index (χ0) is 20.8. The number of hydrogen-bond donors (Lipinski definition) is 0. The Morgan fingerprint density at radius 2 is 1.77 bits per heavy atom. The highest BCUT2D eigenvalue weighted by atomic mass is 79.9. The van der Waals surface area contributed by atoms with E-state index < -0.39 is 0 Å². The van der Waals surface area contributed by atoms with Gasteiger partial charge < -0.3 is 0 Å². The maximum atomic E-state index is 13.8. The van der Waals surface area contributed by atoms with E-state index in [-0.39, 0.29) is 17.9 Å². The van der Waals surface area contributed by atoms with Crippen molar-refractivity contribution in [2.45, 2.75) is 6.54 Å². The Morgan fingerprint density at radius 3 is 2.53 bits per heavy atom. The van der Waals surface area contributed by atoms with Crippen LogP contribution in [-0.2, 0) is 6.54 Å². The molecule has 0 bridgehead atoms. The van der Waals surface area contributed by atoms with Gasteiger partial charge in [-0.1, -0.05) is 52.3 Å². The van der Waals surface area contributed by atoms with E-state index in [0.717, 1.165) is 26.1 Å². The van der Waals surface area contributed by atoms with Gasteiger partial charge in [0.15, 0.2) is 3.95 Å². The van der Waals surface area contributed by atoms with Gasteiger partial charge in [-0.3, -0.25) is 13.8 Å². The van der Waals surface area contributed by atoms with Crippen LogP contribution in [0.3, 0.4) is 0 Å². The zero-order valence-corrected chi connectivity index (χ0v) is 18.7. The van der Waals surface area contributed by atoms with E-state index in [0.29, 0.717) is 14.9 Å². The van der Waals surface area contributed by atoms with Gasteiger partial charge in [-0.2, -0.15) is 0 Å². The maximum Gasteiger partial charge on any atom is 0.261 e. The summed E-state index contributed by atoms with van der Waals surface area (Å²) in [6.07, 6.45) is 0. The van der Waals surface area contributed by atoms with Crippen LogP contribution in [0, 0.1) is 9.77 Å². The van der Waals surface area contributed by atoms with E-state index in [9.17, 15) is 9.18 Å². The van der Waals surface area contributed by atoms with Gasteiger partial charge in [0.1, 0.15) is 11.5 Å². The molecule has 0 atom stereocenters. The van der Waals surface area contributed by atoms with Gasteiger partial charge in [0.25, 0.3) is 5.56 Å². The van der Waals surface area contributed by atoms with Gasteiger partial charge in [0.2, 0.25) is 0 Å². The number of benzene rings is 3. The lowest BCUT2D eigenvalue weighted by molar-refractivity contribution is 0.623. The van der Waals surface area contributed by atoms with Gasteiger partial charge >= 0.3 is 0 Å². The number of halogens is 2. The first-order valence-electron chi connectivity index (χ1n) is 9.20. The SMILES string of the molecule is O=c1c2ccccc2n2c(=S)sc(-c3ccc(Br)cc3)c2n1Cc1cccc(F)c1. The molecule has 0 fully saturated rings. The van der Waals surface area contributed by atoms with Gasteiger partial charge in [-0.25, -0.2) is 4.39 Å². The highest BCUT2D eigenvalue weighted by Crippen LogP contribution is 2.34. The molecule has 0 N–H and O–H groups in total. The molecule has 0 saturated carbocycles. The number of fused-ring (bicyclic) bond motifs is 3. The number of para-hydroxylation sites is 1. The van der Waals surface area contributed by atoms with Crippen molar-refractivity contribution in [2.75, 3.05) is 0 Å². The van der Waals surface area contributed by atoms with Crippen LogP contribution in [0.25, 0.3) is 27.0 Å². The molecule has 0 unspecified atom stereocenters. The average Bonchev–Trinajstić information content (AvgIpc) is 3.09. The fraction of sp³-hybridized carbons (Fsp3) is 0.0435. The van der Waals surface area contributed by atoms with E-state index in [2.05, 4.69) is 15.9 Å². The minimum atomic E-state index is -0.326. The molecule has 0 saturated heterocycles. The molecular formula is C23H14BrFN2OS2. The molecule has 0 radical (unpaired) electrons. The largest absolute Gasteiger partial charge is 0.288 e. The lowest BCUT2D eigenvalue weighted by Gasteiger charge is -2.13. The van der Waals surface area contributed by atoms with E-state index in [4.69, 9.17) is 12.2 Å². The molecule has 0 aliphatic carbocycles. The average molecular weight is 497 g/mol. The Balaban J connectivity index is 1.90. The fourth-order valence-corrected chi connectivity index (χ4v) is 5.36. The fourth-order valence-electron chi connectivity index (χ4n) is 3.67. The van der Waals surface area contributed by atoms with Gasteiger partial charge in [-0.15, -0.1) is 11.3 Å². The highest BCUT2D eigenvalue weighted by molar-refractivity contribution is 9.10. The van der Waals surface area contributed by atoms with Crippen molar-refractivity contribution in [3.05, 3.63) is 103 Å². The molecule has 7 heteroatoms. The third kappa shape index (κ3) is 3.23. The van der Waals surface area contributed by atoms with E-state index in [1.165, 1.54) is 23.5 Å². The predicted molar refractivity (Wildman–Crippen MR) is 127 cm³/mol. The molecule has 3 nitrogen and oxygen atoms in total. The summed E-state index contributed by atoms with van der Waals surface area (Å²) < 4.78 is 19.1. The second-order valence-electron chi connectivity index (χ2n) is 6.90. The molecule has 148 valence electrons. The summed E-state index contributed by atoms with van der Waals surface area (Å²) in [5.41, 5.74) is 3.06. The van der Waals surface area contributed by atoms with Crippen LogP contribution in [0.2, 0.25) is 0 Å². The van der Waals surface area contributed by atoms with Crippen molar-refractivity contribution < 1.29 is 4.39 Å². The molecule has 2 heterocycles. The first-order valence-corrected chi connectivity index (χ1v) is 11.2. The van der Waals surface area contributed by atoms with E-state index in [1.54, 1.807) is 16.7 Å². The van der Waals surface area contributed by atoms with E-state index >= 15 is 0 Å². The molecule has 0 aliphatic heterocycles. The van der Waals surface area contributed by atoms with Crippen LogP contribution in [-0.4, -0.2) is 8.97 Å². The summed E-state index contributed by atoms with van der Waals surface area (Å²) >= 11 is 10.6. The highest BCUT2D eigenvalue weighted by Gasteiger charge is 2.18. The molecule has 3 aromatic carbocycles. The standard InChI is InChI=1S/C23H14BrFN2OS2/c24-16-10-8-15(9-11-16)20-21-26(13-14-4-3-5-17(25)12-14)22(28)18-6-1-2-7-19(18)27(21)23(29)30-20/h1-12H,13H2.